The van der Waals surface area contributed by atoms with E-state index in [4.69, 9.17) is 33.0 Å². The van der Waals surface area contributed by atoms with E-state index < -0.39 is 5.97 Å². The molecule has 0 bridgehead atoms. The lowest BCUT2D eigenvalue weighted by Crippen LogP contribution is -2.23. The molecule has 0 fully saturated rings. The van der Waals surface area contributed by atoms with Crippen LogP contribution in [0, 0.1) is 0 Å². The van der Waals surface area contributed by atoms with Gasteiger partial charge in [0.1, 0.15) is 12.4 Å². The maximum Gasteiger partial charge on any atom is 0.335 e. The lowest BCUT2D eigenvalue weighted by molar-refractivity contribution is 0.0696. The zero-order valence-corrected chi connectivity index (χ0v) is 16.7. The Hall–Kier alpha value is -3.02. The third-order valence-electron chi connectivity index (χ3n) is 4.10. The number of aromatic carboxylic acids is 1. The van der Waals surface area contributed by atoms with Crippen LogP contribution in [0.2, 0.25) is 10.0 Å². The summed E-state index contributed by atoms with van der Waals surface area (Å²) >= 11 is 12.1. The lowest BCUT2D eigenvalue weighted by Gasteiger charge is -2.11. The number of benzene rings is 3. The Bertz CT molecular complexity index is 1050. The highest BCUT2D eigenvalue weighted by Gasteiger charge is 2.12. The minimum absolute atomic E-state index is 0.159. The minimum atomic E-state index is -1.02. The summed E-state index contributed by atoms with van der Waals surface area (Å²) < 4.78 is 5.74. The molecular formula is C22H17Cl2NO4. The van der Waals surface area contributed by atoms with Gasteiger partial charge in [-0.3, -0.25) is 4.79 Å². The van der Waals surface area contributed by atoms with E-state index >= 15 is 0 Å². The van der Waals surface area contributed by atoms with Gasteiger partial charge in [-0.2, -0.15) is 0 Å². The molecule has 0 saturated carbocycles. The van der Waals surface area contributed by atoms with Crippen LogP contribution in [0.25, 0.3) is 0 Å². The van der Waals surface area contributed by atoms with Crippen LogP contribution < -0.4 is 10.1 Å². The molecule has 5 nitrogen and oxygen atoms in total. The molecule has 3 aromatic rings. The van der Waals surface area contributed by atoms with Gasteiger partial charge in [0.25, 0.3) is 5.91 Å². The van der Waals surface area contributed by atoms with Crippen molar-refractivity contribution in [1.82, 2.24) is 5.32 Å². The Kier molecular flexibility index (Phi) is 6.75. The summed E-state index contributed by atoms with van der Waals surface area (Å²) in [5, 5.41) is 12.7. The largest absolute Gasteiger partial charge is 0.489 e. The lowest BCUT2D eigenvalue weighted by atomic mass is 10.1. The first-order valence-electron chi connectivity index (χ1n) is 8.69. The van der Waals surface area contributed by atoms with Gasteiger partial charge >= 0.3 is 5.97 Å². The molecule has 0 aliphatic carbocycles. The van der Waals surface area contributed by atoms with Crippen LogP contribution in [-0.2, 0) is 13.2 Å². The maximum atomic E-state index is 12.5. The molecule has 148 valence electrons. The third kappa shape index (κ3) is 5.73. The molecule has 0 aliphatic heterocycles. The molecule has 0 atom stereocenters. The van der Waals surface area contributed by atoms with Crippen LogP contribution in [0.15, 0.2) is 66.7 Å². The third-order valence-corrected chi connectivity index (χ3v) is 4.67. The van der Waals surface area contributed by atoms with Crippen molar-refractivity contribution in [2.75, 3.05) is 0 Å². The number of nitrogens with one attached hydrogen (secondary N) is 1. The van der Waals surface area contributed by atoms with Crippen molar-refractivity contribution in [1.29, 1.82) is 0 Å². The van der Waals surface area contributed by atoms with Crippen molar-refractivity contribution in [2.45, 2.75) is 13.2 Å². The van der Waals surface area contributed by atoms with Crippen molar-refractivity contribution in [3.05, 3.63) is 99.0 Å². The Morgan fingerprint density at radius 2 is 1.69 bits per heavy atom. The molecular weight excluding hydrogens is 413 g/mol. The highest BCUT2D eigenvalue weighted by atomic mass is 35.5. The Morgan fingerprint density at radius 1 is 0.931 bits per heavy atom. The standard InChI is InChI=1S/C22H17Cl2NO4/c23-17-6-2-4-15(10-17)13-29-18-7-8-20(24)19(11-18)21(26)25-12-14-3-1-5-16(9-14)22(27)28/h1-11H,12-13H2,(H,25,26)(H,27,28). The molecule has 0 unspecified atom stereocenters. The molecule has 3 aromatic carbocycles. The molecule has 7 heteroatoms. The number of rotatable bonds is 7. The molecule has 0 spiro atoms. The molecule has 0 aliphatic rings. The fourth-order valence-corrected chi connectivity index (χ4v) is 3.07. The molecule has 2 N–H and O–H groups in total. The fraction of sp³-hybridized carbons (Fsp3) is 0.0909. The molecule has 3 rings (SSSR count). The number of halogens is 2. The van der Waals surface area contributed by atoms with E-state index in [-0.39, 0.29) is 28.6 Å². The van der Waals surface area contributed by atoms with Crippen molar-refractivity contribution >= 4 is 35.1 Å². The van der Waals surface area contributed by atoms with Crippen LogP contribution in [0.4, 0.5) is 0 Å². The average Bonchev–Trinajstić information content (AvgIpc) is 2.71. The number of carboxylic acid groups (broad SMARTS) is 1. The van der Waals surface area contributed by atoms with Gasteiger partial charge in [0.15, 0.2) is 0 Å². The smallest absolute Gasteiger partial charge is 0.335 e. The molecule has 0 heterocycles. The summed E-state index contributed by atoms with van der Waals surface area (Å²) in [6.45, 7) is 0.467. The molecule has 0 radical (unpaired) electrons. The SMILES string of the molecule is O=C(O)c1cccc(CNC(=O)c2cc(OCc3cccc(Cl)c3)ccc2Cl)c1. The van der Waals surface area contributed by atoms with Gasteiger partial charge in [-0.15, -0.1) is 0 Å². The first-order valence-corrected chi connectivity index (χ1v) is 9.45. The first kappa shape index (κ1) is 20.7. The second kappa shape index (κ2) is 9.45. The van der Waals surface area contributed by atoms with E-state index in [0.29, 0.717) is 22.9 Å². The number of amides is 1. The van der Waals surface area contributed by atoms with Crippen LogP contribution in [0.3, 0.4) is 0 Å². The van der Waals surface area contributed by atoms with Crippen molar-refractivity contribution in [3.8, 4) is 5.75 Å². The van der Waals surface area contributed by atoms with Gasteiger partial charge in [-0.1, -0.05) is 47.5 Å². The summed E-state index contributed by atoms with van der Waals surface area (Å²) in [6.07, 6.45) is 0. The van der Waals surface area contributed by atoms with Crippen LogP contribution >= 0.6 is 23.2 Å². The van der Waals surface area contributed by atoms with E-state index in [1.54, 1.807) is 42.5 Å². The van der Waals surface area contributed by atoms with Gasteiger partial charge in [0, 0.05) is 11.6 Å². The number of hydrogen-bond donors (Lipinski definition) is 2. The van der Waals surface area contributed by atoms with Gasteiger partial charge < -0.3 is 15.2 Å². The quantitative estimate of drug-likeness (QED) is 0.540. The van der Waals surface area contributed by atoms with Crippen molar-refractivity contribution in [3.63, 3.8) is 0 Å². The normalized spacial score (nSPS) is 10.4. The van der Waals surface area contributed by atoms with Gasteiger partial charge in [-0.05, 0) is 53.6 Å². The first-order chi connectivity index (χ1) is 13.9. The van der Waals surface area contributed by atoms with E-state index in [9.17, 15) is 9.59 Å². The predicted molar refractivity (Wildman–Crippen MR) is 112 cm³/mol. The minimum Gasteiger partial charge on any atom is -0.489 e. The zero-order chi connectivity index (χ0) is 20.8. The van der Waals surface area contributed by atoms with Gasteiger partial charge in [0.2, 0.25) is 0 Å². The fourth-order valence-electron chi connectivity index (χ4n) is 2.65. The monoisotopic (exact) mass is 429 g/mol. The van der Waals surface area contributed by atoms with E-state index in [0.717, 1.165) is 5.56 Å². The van der Waals surface area contributed by atoms with E-state index in [1.165, 1.54) is 12.1 Å². The summed E-state index contributed by atoms with van der Waals surface area (Å²) in [4.78, 5) is 23.6. The summed E-state index contributed by atoms with van der Waals surface area (Å²) in [5.74, 6) is -0.915. The number of carbonyl (C=O) groups is 2. The second-order valence-corrected chi connectivity index (χ2v) is 7.09. The molecule has 0 saturated heterocycles. The summed E-state index contributed by atoms with van der Waals surface area (Å²) in [7, 11) is 0. The maximum absolute atomic E-state index is 12.5. The number of ether oxygens (including phenoxy) is 1. The van der Waals surface area contributed by atoms with Crippen LogP contribution in [0.5, 0.6) is 5.75 Å². The Morgan fingerprint density at radius 3 is 2.45 bits per heavy atom. The van der Waals surface area contributed by atoms with Crippen LogP contribution in [0.1, 0.15) is 31.8 Å². The average molecular weight is 430 g/mol. The summed E-state index contributed by atoms with van der Waals surface area (Å²) in [6, 6.07) is 18.5. The summed E-state index contributed by atoms with van der Waals surface area (Å²) in [5.41, 5.74) is 2.00. The van der Waals surface area contributed by atoms with E-state index in [2.05, 4.69) is 5.32 Å². The molecule has 0 aromatic heterocycles. The van der Waals surface area contributed by atoms with Crippen molar-refractivity contribution < 1.29 is 19.4 Å². The van der Waals surface area contributed by atoms with Crippen molar-refractivity contribution in [2.24, 2.45) is 0 Å². The number of carboxylic acids is 1. The molecule has 1 amide bonds. The number of carbonyl (C=O) groups excluding carboxylic acids is 1. The topological polar surface area (TPSA) is 75.6 Å². The van der Waals surface area contributed by atoms with Gasteiger partial charge in [-0.25, -0.2) is 4.79 Å². The zero-order valence-electron chi connectivity index (χ0n) is 15.2. The Labute approximate surface area is 177 Å². The Balaban J connectivity index is 1.66. The molecule has 29 heavy (non-hydrogen) atoms. The van der Waals surface area contributed by atoms with E-state index in [1.807, 2.05) is 12.1 Å². The second-order valence-electron chi connectivity index (χ2n) is 6.25. The highest BCUT2D eigenvalue weighted by Crippen LogP contribution is 2.23. The predicted octanol–water partition coefficient (Wildman–Crippen LogP) is 5.20. The van der Waals surface area contributed by atoms with Gasteiger partial charge in [0.05, 0.1) is 16.1 Å². The highest BCUT2D eigenvalue weighted by molar-refractivity contribution is 6.33. The number of hydrogen-bond acceptors (Lipinski definition) is 3. The van der Waals surface area contributed by atoms with Crippen LogP contribution in [-0.4, -0.2) is 17.0 Å².